The van der Waals surface area contributed by atoms with Crippen LogP contribution in [-0.2, 0) is 26.0 Å². The number of hydrogen-bond acceptors (Lipinski definition) is 5. The van der Waals surface area contributed by atoms with E-state index in [9.17, 15) is 18.3 Å². The van der Waals surface area contributed by atoms with Crippen LogP contribution in [0.25, 0.3) is 0 Å². The van der Waals surface area contributed by atoms with Crippen molar-refractivity contribution < 1.29 is 23.1 Å². The summed E-state index contributed by atoms with van der Waals surface area (Å²) in [6, 6.07) is 6.41. The van der Waals surface area contributed by atoms with Gasteiger partial charge in [0.15, 0.2) is 0 Å². The number of ether oxygens (including phenoxy) is 1. The second-order valence-corrected chi connectivity index (χ2v) is 15.6. The molecule has 0 bridgehead atoms. The van der Waals surface area contributed by atoms with Crippen molar-refractivity contribution in [3.63, 3.8) is 0 Å². The number of hydrogen-bond donors (Lipinski definition) is 2. The molecule has 0 amide bonds. The number of sulfonamides is 1. The Balaban J connectivity index is 1.11. The second kappa shape index (κ2) is 11.1. The number of carbonyl (C=O) groups is 1. The van der Waals surface area contributed by atoms with Gasteiger partial charge >= 0.3 is 5.97 Å². The Morgan fingerprint density at radius 1 is 1.03 bits per heavy atom. The number of aliphatic hydroxyl groups is 1. The summed E-state index contributed by atoms with van der Waals surface area (Å²) in [7, 11) is -3.70. The van der Waals surface area contributed by atoms with Gasteiger partial charge in [-0.15, -0.1) is 0 Å². The number of fused-ring (bicyclic) bond motifs is 5. The summed E-state index contributed by atoms with van der Waals surface area (Å²) in [4.78, 5) is 12.6. The average molecular weight is 560 g/mol. The first-order valence-corrected chi connectivity index (χ1v) is 16.9. The predicted octanol–water partition coefficient (Wildman–Crippen LogP) is 5.86. The highest BCUT2D eigenvalue weighted by molar-refractivity contribution is 7.89. The monoisotopic (exact) mass is 559 g/mol. The summed E-state index contributed by atoms with van der Waals surface area (Å²) in [5, 5.41) is 15.5. The molecule has 3 N–H and O–H groups in total. The summed E-state index contributed by atoms with van der Waals surface area (Å²) in [5.41, 5.74) is 1.71. The minimum atomic E-state index is -3.70. The van der Waals surface area contributed by atoms with Crippen LogP contribution in [0.3, 0.4) is 0 Å². The van der Waals surface area contributed by atoms with Gasteiger partial charge in [0.1, 0.15) is 0 Å². The fraction of sp³-hybridized carbons (Fsp3) is 0.781. The van der Waals surface area contributed by atoms with Crippen LogP contribution in [-0.4, -0.2) is 32.2 Å². The third-order valence-corrected chi connectivity index (χ3v) is 13.0. The third kappa shape index (κ3) is 5.70. The normalized spacial score (nSPS) is 38.8. The lowest BCUT2D eigenvalue weighted by atomic mass is 9.44. The molecule has 4 saturated carbocycles. The topological polar surface area (TPSA) is 107 Å². The van der Waals surface area contributed by atoms with Crippen molar-refractivity contribution in [3.8, 4) is 0 Å². The number of rotatable bonds is 8. The van der Waals surface area contributed by atoms with Gasteiger partial charge in [-0.1, -0.05) is 32.9 Å². The second-order valence-electron chi connectivity index (χ2n) is 14.0. The maximum Gasteiger partial charge on any atom is 0.305 e. The maximum atomic E-state index is 12.5. The molecule has 218 valence electrons. The average Bonchev–Trinajstić information content (AvgIpc) is 3.25. The number of nitrogens with two attached hydrogens (primary N) is 1. The molecule has 0 saturated heterocycles. The van der Waals surface area contributed by atoms with Gasteiger partial charge in [-0.3, -0.25) is 4.79 Å². The summed E-state index contributed by atoms with van der Waals surface area (Å²) in [6.07, 6.45) is 12.9. The molecule has 39 heavy (non-hydrogen) atoms. The van der Waals surface area contributed by atoms with Crippen LogP contribution in [0, 0.1) is 46.3 Å². The van der Waals surface area contributed by atoms with Gasteiger partial charge in [0.25, 0.3) is 0 Å². The zero-order valence-corrected chi connectivity index (χ0v) is 24.9. The number of primary sulfonamides is 1. The van der Waals surface area contributed by atoms with Gasteiger partial charge in [-0.05, 0) is 128 Å². The van der Waals surface area contributed by atoms with Crippen molar-refractivity contribution in [1.29, 1.82) is 0 Å². The molecule has 6 nitrogen and oxygen atoms in total. The van der Waals surface area contributed by atoms with Crippen molar-refractivity contribution in [2.45, 2.75) is 109 Å². The highest BCUT2D eigenvalue weighted by atomic mass is 32.2. The van der Waals surface area contributed by atoms with E-state index in [2.05, 4.69) is 20.8 Å². The number of benzene rings is 1. The molecule has 0 radical (unpaired) electrons. The lowest BCUT2D eigenvalue weighted by molar-refractivity contribution is -0.144. The van der Waals surface area contributed by atoms with Crippen molar-refractivity contribution in [2.75, 3.05) is 6.61 Å². The summed E-state index contributed by atoms with van der Waals surface area (Å²) in [5.74, 6) is 4.20. The van der Waals surface area contributed by atoms with Crippen LogP contribution in [0.2, 0.25) is 0 Å². The van der Waals surface area contributed by atoms with E-state index in [1.807, 2.05) is 0 Å². The minimum absolute atomic E-state index is 0.0825. The van der Waals surface area contributed by atoms with Crippen LogP contribution in [0.1, 0.15) is 97.0 Å². The Morgan fingerprint density at radius 3 is 2.44 bits per heavy atom. The molecule has 4 fully saturated rings. The molecule has 0 unspecified atom stereocenters. The quantitative estimate of drug-likeness (QED) is 0.388. The first-order valence-electron chi connectivity index (χ1n) is 15.4. The molecule has 0 aromatic heterocycles. The predicted molar refractivity (Wildman–Crippen MR) is 152 cm³/mol. The number of aliphatic hydroxyl groups excluding tert-OH is 1. The van der Waals surface area contributed by atoms with E-state index in [1.54, 1.807) is 12.1 Å². The SMILES string of the molecule is C[C@H](CCC(=O)OCCc1ccc(S(N)(=O)=O)cc1)[C@H]1CC[C@H]2[C@@H]3CC[C@@H]4C[C@H](O)CC[C@]4(C)[C@H]3CC[C@]12C. The van der Waals surface area contributed by atoms with Gasteiger partial charge in [-0.25, -0.2) is 13.6 Å². The molecule has 4 aliphatic carbocycles. The van der Waals surface area contributed by atoms with Crippen molar-refractivity contribution in [1.82, 2.24) is 0 Å². The van der Waals surface area contributed by atoms with Gasteiger partial charge in [0.05, 0.1) is 17.6 Å². The molecular weight excluding hydrogens is 510 g/mol. The van der Waals surface area contributed by atoms with Gasteiger partial charge in [-0.2, -0.15) is 0 Å². The van der Waals surface area contributed by atoms with Gasteiger partial charge in [0.2, 0.25) is 10.0 Å². The van der Waals surface area contributed by atoms with E-state index < -0.39 is 10.0 Å². The lowest BCUT2D eigenvalue weighted by Crippen LogP contribution is -2.54. The van der Waals surface area contributed by atoms with E-state index >= 15 is 0 Å². The molecule has 0 aliphatic heterocycles. The summed E-state index contributed by atoms with van der Waals surface area (Å²) >= 11 is 0. The smallest absolute Gasteiger partial charge is 0.305 e. The van der Waals surface area contributed by atoms with Crippen LogP contribution >= 0.6 is 0 Å². The Labute approximate surface area is 235 Å². The largest absolute Gasteiger partial charge is 0.465 e. The molecule has 7 heteroatoms. The molecule has 5 rings (SSSR count). The number of carbonyl (C=O) groups excluding carboxylic acids is 1. The van der Waals surface area contributed by atoms with Crippen molar-refractivity contribution in [3.05, 3.63) is 29.8 Å². The van der Waals surface area contributed by atoms with E-state index in [0.717, 1.165) is 42.6 Å². The molecule has 0 heterocycles. The maximum absolute atomic E-state index is 12.5. The van der Waals surface area contributed by atoms with E-state index in [-0.39, 0.29) is 17.0 Å². The van der Waals surface area contributed by atoms with Gasteiger partial charge in [0, 0.05) is 12.8 Å². The summed E-state index contributed by atoms with van der Waals surface area (Å²) in [6.45, 7) is 7.78. The minimum Gasteiger partial charge on any atom is -0.465 e. The zero-order valence-electron chi connectivity index (χ0n) is 24.1. The third-order valence-electron chi connectivity index (χ3n) is 12.1. The molecule has 4 aliphatic rings. The molecular formula is C32H49NO5S. The number of esters is 1. The fourth-order valence-corrected chi connectivity index (χ4v) is 10.5. The highest BCUT2D eigenvalue weighted by Crippen LogP contribution is 2.68. The van der Waals surface area contributed by atoms with Crippen molar-refractivity contribution >= 4 is 16.0 Å². The highest BCUT2D eigenvalue weighted by Gasteiger charge is 2.60. The van der Waals surface area contributed by atoms with Crippen LogP contribution in [0.15, 0.2) is 29.2 Å². The van der Waals surface area contributed by atoms with Gasteiger partial charge < -0.3 is 9.84 Å². The van der Waals surface area contributed by atoms with Crippen LogP contribution in [0.5, 0.6) is 0 Å². The Hall–Kier alpha value is -1.44. The van der Waals surface area contributed by atoms with E-state index in [0.29, 0.717) is 48.0 Å². The van der Waals surface area contributed by atoms with Crippen LogP contribution in [0.4, 0.5) is 0 Å². The standard InChI is InChI=1S/C32H49NO5S/c1-21(4-13-30(35)38-19-16-22-5-8-25(9-6-22)39(33,36)37)27-11-12-28-26-10-7-23-20-24(34)14-17-31(23,2)29(26)15-18-32(27,28)3/h5-6,8-9,21,23-24,26-29,34H,4,7,10-20H2,1-3H3,(H2,33,36,37)/t21-,23-,24-,26+,27-,28+,29+,31+,32-/m1/s1. The molecule has 0 spiro atoms. The van der Waals surface area contributed by atoms with E-state index in [1.165, 1.54) is 57.1 Å². The van der Waals surface area contributed by atoms with E-state index in [4.69, 9.17) is 9.88 Å². The summed E-state index contributed by atoms with van der Waals surface area (Å²) < 4.78 is 28.3. The van der Waals surface area contributed by atoms with Crippen LogP contribution < -0.4 is 5.14 Å². The Kier molecular flexibility index (Phi) is 8.27. The van der Waals surface area contributed by atoms with Crippen molar-refractivity contribution in [2.24, 2.45) is 51.5 Å². The Morgan fingerprint density at radius 2 is 1.72 bits per heavy atom. The molecule has 1 aromatic carbocycles. The Bertz CT molecular complexity index is 1140. The molecule has 1 aromatic rings. The molecule has 9 atom stereocenters. The lowest BCUT2D eigenvalue weighted by Gasteiger charge is -2.61. The fourth-order valence-electron chi connectivity index (χ4n) is 9.96. The first-order chi connectivity index (χ1) is 18.4. The first kappa shape index (κ1) is 29.1. The zero-order chi connectivity index (χ0) is 28.0.